The zero-order chi connectivity index (χ0) is 29.1. The first-order valence-corrected chi connectivity index (χ1v) is 13.0. The molecule has 2 aromatic heterocycles. The summed E-state index contributed by atoms with van der Waals surface area (Å²) in [6.07, 6.45) is 3.67. The van der Waals surface area contributed by atoms with Gasteiger partial charge in [-0.3, -0.25) is 9.97 Å². The molecule has 4 aromatic rings. The molecule has 8 heteroatoms. The Kier molecular flexibility index (Phi) is 8.18. The van der Waals surface area contributed by atoms with Crippen molar-refractivity contribution in [2.24, 2.45) is 0 Å². The Bertz CT molecular complexity index is 1400. The monoisotopic (exact) mass is 538 g/mol. The van der Waals surface area contributed by atoms with Crippen molar-refractivity contribution in [3.05, 3.63) is 94.3 Å². The fourth-order valence-corrected chi connectivity index (χ4v) is 5.02. The quantitative estimate of drug-likeness (QED) is 0.267. The standard InChI is InChI=1S/C32H34N4O4/c1-19-13-23(14-20(2)29(19)31(37)38)27-9-7-25(17-33-27)35(5)11-12-36(6)26-8-10-28(34-18-26)24-15-21(3)30(32(39)40)22(4)16-24/h7-10,13-18H,11-12H2,1-6H3,(H,37,38)(H,39,40). The number of aromatic carboxylic acids is 2. The highest BCUT2D eigenvalue weighted by atomic mass is 16.4. The van der Waals surface area contributed by atoms with E-state index in [0.717, 1.165) is 69.2 Å². The Labute approximate surface area is 234 Å². The summed E-state index contributed by atoms with van der Waals surface area (Å²) in [6.45, 7) is 8.76. The van der Waals surface area contributed by atoms with E-state index in [1.807, 2.05) is 103 Å². The van der Waals surface area contributed by atoms with Gasteiger partial charge in [-0.15, -0.1) is 0 Å². The molecule has 2 heterocycles. The summed E-state index contributed by atoms with van der Waals surface area (Å²) in [5.41, 5.74) is 8.92. The van der Waals surface area contributed by atoms with Crippen LogP contribution in [0.4, 0.5) is 11.4 Å². The predicted molar refractivity (Wildman–Crippen MR) is 159 cm³/mol. The van der Waals surface area contributed by atoms with Crippen LogP contribution in [-0.2, 0) is 0 Å². The smallest absolute Gasteiger partial charge is 0.336 e. The second-order valence-corrected chi connectivity index (χ2v) is 10.2. The Morgan fingerprint density at radius 1 is 0.625 bits per heavy atom. The molecule has 0 spiro atoms. The van der Waals surface area contributed by atoms with Gasteiger partial charge in [0, 0.05) is 38.3 Å². The SMILES string of the molecule is Cc1cc(-c2ccc(N(C)CCN(C)c3ccc(-c4cc(C)c(C(=O)O)c(C)c4)nc3)cn2)cc(C)c1C(=O)O. The number of aromatic nitrogens is 2. The Morgan fingerprint density at radius 2 is 0.950 bits per heavy atom. The fourth-order valence-electron chi connectivity index (χ4n) is 5.02. The van der Waals surface area contributed by atoms with E-state index in [2.05, 4.69) is 19.8 Å². The Hall–Kier alpha value is -4.72. The van der Waals surface area contributed by atoms with Crippen molar-refractivity contribution in [1.82, 2.24) is 9.97 Å². The molecule has 8 nitrogen and oxygen atoms in total. The minimum Gasteiger partial charge on any atom is -0.478 e. The molecule has 206 valence electrons. The van der Waals surface area contributed by atoms with Gasteiger partial charge < -0.3 is 20.0 Å². The summed E-state index contributed by atoms with van der Waals surface area (Å²) in [7, 11) is 4.04. The third-order valence-electron chi connectivity index (χ3n) is 7.23. The van der Waals surface area contributed by atoms with E-state index in [9.17, 15) is 19.8 Å². The molecule has 0 radical (unpaired) electrons. The van der Waals surface area contributed by atoms with E-state index in [-0.39, 0.29) is 0 Å². The van der Waals surface area contributed by atoms with Gasteiger partial charge >= 0.3 is 11.9 Å². The lowest BCUT2D eigenvalue weighted by Crippen LogP contribution is -2.30. The third kappa shape index (κ3) is 5.96. The van der Waals surface area contributed by atoms with Gasteiger partial charge in [0.25, 0.3) is 0 Å². The number of nitrogens with zero attached hydrogens (tertiary/aromatic N) is 4. The molecule has 2 N–H and O–H groups in total. The first kappa shape index (κ1) is 28.3. The molecule has 0 aliphatic carbocycles. The number of carbonyl (C=O) groups is 2. The number of likely N-dealkylation sites (N-methyl/N-ethyl adjacent to an activating group) is 2. The molecule has 4 rings (SSSR count). The van der Waals surface area contributed by atoms with Crippen LogP contribution in [0, 0.1) is 27.7 Å². The summed E-state index contributed by atoms with van der Waals surface area (Å²) in [6, 6.07) is 15.4. The summed E-state index contributed by atoms with van der Waals surface area (Å²) in [4.78, 5) is 36.5. The second-order valence-electron chi connectivity index (χ2n) is 10.2. The fraction of sp³-hybridized carbons (Fsp3) is 0.250. The number of benzene rings is 2. The molecule has 0 aliphatic rings. The number of rotatable bonds is 9. The van der Waals surface area contributed by atoms with Crippen LogP contribution in [0.3, 0.4) is 0 Å². The van der Waals surface area contributed by atoms with E-state index in [0.29, 0.717) is 11.1 Å². The Morgan fingerprint density at radius 3 is 1.20 bits per heavy atom. The van der Waals surface area contributed by atoms with Gasteiger partial charge in [-0.25, -0.2) is 9.59 Å². The maximum Gasteiger partial charge on any atom is 0.336 e. The summed E-state index contributed by atoms with van der Waals surface area (Å²) in [5.74, 6) is -1.83. The maximum absolute atomic E-state index is 11.5. The van der Waals surface area contributed by atoms with E-state index in [1.54, 1.807) is 0 Å². The zero-order valence-electron chi connectivity index (χ0n) is 23.7. The van der Waals surface area contributed by atoms with Crippen molar-refractivity contribution < 1.29 is 19.8 Å². The van der Waals surface area contributed by atoms with Gasteiger partial charge in [0.15, 0.2) is 0 Å². The normalized spacial score (nSPS) is 10.8. The summed E-state index contributed by atoms with van der Waals surface area (Å²) in [5, 5.41) is 18.8. The van der Waals surface area contributed by atoms with Crippen LogP contribution < -0.4 is 9.80 Å². The van der Waals surface area contributed by atoms with Crippen molar-refractivity contribution >= 4 is 23.3 Å². The second kappa shape index (κ2) is 11.6. The van der Waals surface area contributed by atoms with Gasteiger partial charge in [-0.1, -0.05) is 0 Å². The van der Waals surface area contributed by atoms with E-state index in [1.165, 1.54) is 0 Å². The van der Waals surface area contributed by atoms with Crippen molar-refractivity contribution in [2.75, 3.05) is 37.0 Å². The van der Waals surface area contributed by atoms with Gasteiger partial charge in [-0.05, 0) is 98.5 Å². The minimum atomic E-state index is -0.916. The van der Waals surface area contributed by atoms with Crippen LogP contribution >= 0.6 is 0 Å². The maximum atomic E-state index is 11.5. The lowest BCUT2D eigenvalue weighted by molar-refractivity contribution is 0.0684. The summed E-state index contributed by atoms with van der Waals surface area (Å²) >= 11 is 0. The van der Waals surface area contributed by atoms with E-state index < -0.39 is 11.9 Å². The lowest BCUT2D eigenvalue weighted by Gasteiger charge is -2.25. The molecular formula is C32H34N4O4. The Balaban J connectivity index is 1.39. The predicted octanol–water partition coefficient (Wildman–Crippen LogP) is 6.01. The number of pyridine rings is 2. The molecule has 40 heavy (non-hydrogen) atoms. The molecule has 0 atom stereocenters. The number of aryl methyl sites for hydroxylation is 4. The molecule has 0 fully saturated rings. The number of anilines is 2. The topological polar surface area (TPSA) is 107 Å². The van der Waals surface area contributed by atoms with E-state index >= 15 is 0 Å². The van der Waals surface area contributed by atoms with Crippen LogP contribution in [0.5, 0.6) is 0 Å². The van der Waals surface area contributed by atoms with Gasteiger partial charge in [-0.2, -0.15) is 0 Å². The van der Waals surface area contributed by atoms with Crippen molar-refractivity contribution in [2.45, 2.75) is 27.7 Å². The molecule has 0 unspecified atom stereocenters. The van der Waals surface area contributed by atoms with Gasteiger partial charge in [0.1, 0.15) is 0 Å². The van der Waals surface area contributed by atoms with E-state index in [4.69, 9.17) is 0 Å². The van der Waals surface area contributed by atoms with Gasteiger partial charge in [0.05, 0.1) is 46.3 Å². The van der Waals surface area contributed by atoms with Crippen LogP contribution in [0.25, 0.3) is 22.5 Å². The number of carboxylic acids is 2. The number of hydrogen-bond acceptors (Lipinski definition) is 6. The average Bonchev–Trinajstić information content (AvgIpc) is 2.90. The van der Waals surface area contributed by atoms with Crippen molar-refractivity contribution in [1.29, 1.82) is 0 Å². The molecule has 0 aliphatic heterocycles. The first-order chi connectivity index (χ1) is 19.0. The van der Waals surface area contributed by atoms with Crippen molar-refractivity contribution in [3.63, 3.8) is 0 Å². The highest BCUT2D eigenvalue weighted by molar-refractivity contribution is 5.92. The van der Waals surface area contributed by atoms with Gasteiger partial charge in [0.2, 0.25) is 0 Å². The largest absolute Gasteiger partial charge is 0.478 e. The van der Waals surface area contributed by atoms with Crippen LogP contribution in [0.2, 0.25) is 0 Å². The molecule has 2 aromatic carbocycles. The highest BCUT2D eigenvalue weighted by Crippen LogP contribution is 2.27. The van der Waals surface area contributed by atoms with Crippen LogP contribution in [-0.4, -0.2) is 59.3 Å². The molecule has 0 bridgehead atoms. The van der Waals surface area contributed by atoms with Crippen molar-refractivity contribution in [3.8, 4) is 22.5 Å². The van der Waals surface area contributed by atoms with Crippen LogP contribution in [0.15, 0.2) is 60.9 Å². The summed E-state index contributed by atoms with van der Waals surface area (Å²) < 4.78 is 0. The number of hydrogen-bond donors (Lipinski definition) is 2. The average molecular weight is 539 g/mol. The molecule has 0 saturated carbocycles. The minimum absolute atomic E-state index is 0.341. The number of carboxylic acid groups (broad SMARTS) is 2. The highest BCUT2D eigenvalue weighted by Gasteiger charge is 2.15. The molecular weight excluding hydrogens is 504 g/mol. The third-order valence-corrected chi connectivity index (χ3v) is 7.23. The first-order valence-electron chi connectivity index (χ1n) is 13.0. The molecule has 0 amide bonds. The van der Waals surface area contributed by atoms with Crippen LogP contribution in [0.1, 0.15) is 43.0 Å². The molecule has 0 saturated heterocycles. The lowest BCUT2D eigenvalue weighted by atomic mass is 9.97. The zero-order valence-corrected chi connectivity index (χ0v) is 23.7.